The average molecular weight is 1150 g/mol. The van der Waals surface area contributed by atoms with E-state index in [1.54, 1.807) is 85.6 Å². The Bertz CT molecular complexity index is 3130. The summed E-state index contributed by atoms with van der Waals surface area (Å²) >= 11 is 6.14. The average Bonchev–Trinajstić information content (AvgIpc) is 3.69. The molecule has 0 bridgehead atoms. The fourth-order valence-corrected chi connectivity index (χ4v) is 10.5. The summed E-state index contributed by atoms with van der Waals surface area (Å²) in [5, 5.41) is 21.0. The van der Waals surface area contributed by atoms with Gasteiger partial charge in [-0.05, 0) is 116 Å². The predicted octanol–water partition coefficient (Wildman–Crippen LogP) is 8.62. The number of amides is 4. The number of nitrogens with zero attached hydrogens (tertiary/aromatic N) is 4. The standard InChI is InChI=1S/C30H35ClN4O6.C30H35FN4O6/c1-39-25-10-7-11-26(40-2)29(25)24-16-23(34-35(24)21-14-12-20(31)13-15-21)30(38)33-22(19-8-5-4-6-9-19)17-27(36)32-18-28(37)41-3;1-39-25-13-8-14-26(40-2)29(25)24-16-23(34-35(24)21-12-7-11-20(31)15-21)30(38)33-22(19-9-5-4-6-10-19)17-27(36)32-18-28(37)41-3/h7,10-16,19,22H,4-6,8-9,17-18H2,1-3H3,(H,32,36)(H,33,38);7-8,11-16,19,22H,4-6,9-10,17-18H2,1-3H3,(H,32,36)(H,33,38). The summed E-state index contributed by atoms with van der Waals surface area (Å²) in [4.78, 5) is 75.7. The number of esters is 2. The molecule has 20 nitrogen and oxygen atoms in total. The molecule has 0 radical (unpaired) electrons. The normalized spacial score (nSPS) is 14.1. The Morgan fingerprint density at radius 3 is 1.30 bits per heavy atom. The van der Waals surface area contributed by atoms with Gasteiger partial charge < -0.3 is 49.7 Å². The van der Waals surface area contributed by atoms with Crippen molar-refractivity contribution in [3.05, 3.63) is 119 Å². The highest BCUT2D eigenvalue weighted by atomic mass is 35.5. The molecular weight excluding hydrogens is 1080 g/mol. The van der Waals surface area contributed by atoms with E-state index in [4.69, 9.17) is 30.5 Å². The molecule has 0 saturated heterocycles. The number of rotatable bonds is 22. The second kappa shape index (κ2) is 29.8. The summed E-state index contributed by atoms with van der Waals surface area (Å²) in [5.74, 6) is -0.863. The Labute approximate surface area is 480 Å². The van der Waals surface area contributed by atoms with Gasteiger partial charge in [0.15, 0.2) is 11.4 Å². The van der Waals surface area contributed by atoms with Crippen LogP contribution in [0.1, 0.15) is 98.0 Å². The number of halogens is 2. The van der Waals surface area contributed by atoms with E-state index >= 15 is 0 Å². The quantitative estimate of drug-likeness (QED) is 0.0466. The summed E-state index contributed by atoms with van der Waals surface area (Å²) < 4.78 is 49.0. The Kier molecular flexibility index (Phi) is 22.3. The first kappa shape index (κ1) is 61.2. The third-order valence-corrected chi connectivity index (χ3v) is 14.8. The van der Waals surface area contributed by atoms with Crippen molar-refractivity contribution in [2.45, 2.75) is 89.1 Å². The molecule has 4 amide bonds. The molecule has 22 heteroatoms. The first-order valence-electron chi connectivity index (χ1n) is 27.1. The Morgan fingerprint density at radius 2 is 0.927 bits per heavy atom. The van der Waals surface area contributed by atoms with E-state index in [0.717, 1.165) is 64.2 Å². The van der Waals surface area contributed by atoms with Gasteiger partial charge in [0.05, 0.1) is 76.5 Å². The summed E-state index contributed by atoms with van der Waals surface area (Å²) in [6, 6.07) is 26.1. The van der Waals surface area contributed by atoms with Crippen LogP contribution in [0.25, 0.3) is 33.9 Å². The van der Waals surface area contributed by atoms with Gasteiger partial charge in [-0.15, -0.1) is 0 Å². The zero-order valence-corrected chi connectivity index (χ0v) is 47.6. The second-order valence-corrected chi connectivity index (χ2v) is 20.2. The lowest BCUT2D eigenvalue weighted by molar-refractivity contribution is -0.141. The van der Waals surface area contributed by atoms with E-state index in [0.29, 0.717) is 61.9 Å². The van der Waals surface area contributed by atoms with Crippen molar-refractivity contribution in [2.24, 2.45) is 11.8 Å². The third-order valence-electron chi connectivity index (χ3n) is 14.6. The lowest BCUT2D eigenvalue weighted by atomic mass is 9.82. The SMILES string of the molecule is COC(=O)CNC(=O)CC(NC(=O)c1cc(-c2c(OC)cccc2OC)n(-c2ccc(Cl)cc2)n1)C1CCCCC1.COC(=O)CNC(=O)CC(NC(=O)c1cc(-c2c(OC)cccc2OC)n(-c2cccc(F)c2)n1)C1CCCCC1. The molecule has 2 fully saturated rings. The molecule has 2 atom stereocenters. The van der Waals surface area contributed by atoms with Crippen LogP contribution >= 0.6 is 11.6 Å². The van der Waals surface area contributed by atoms with Gasteiger partial charge in [-0.25, -0.2) is 13.8 Å². The molecule has 4 aromatic carbocycles. The number of hydrogen-bond donors (Lipinski definition) is 4. The number of hydrogen-bond acceptors (Lipinski definition) is 14. The molecule has 2 heterocycles. The van der Waals surface area contributed by atoms with E-state index in [-0.39, 0.29) is 61.0 Å². The van der Waals surface area contributed by atoms with E-state index in [1.165, 1.54) is 45.3 Å². The fraction of sp³-hybridized carbons (Fsp3) is 0.400. The van der Waals surface area contributed by atoms with Crippen molar-refractivity contribution in [3.63, 3.8) is 0 Å². The molecule has 436 valence electrons. The highest BCUT2D eigenvalue weighted by Gasteiger charge is 2.32. The summed E-state index contributed by atoms with van der Waals surface area (Å²) in [5.41, 5.74) is 3.54. The van der Waals surface area contributed by atoms with E-state index < -0.39 is 41.7 Å². The number of ether oxygens (including phenoxy) is 6. The fourth-order valence-electron chi connectivity index (χ4n) is 10.4. The van der Waals surface area contributed by atoms with Crippen molar-refractivity contribution >= 4 is 47.2 Å². The van der Waals surface area contributed by atoms with Crippen LogP contribution in [0.15, 0.2) is 97.1 Å². The Balaban J connectivity index is 0.000000236. The van der Waals surface area contributed by atoms with Crippen molar-refractivity contribution in [1.82, 2.24) is 40.8 Å². The topological polar surface area (TPSA) is 242 Å². The largest absolute Gasteiger partial charge is 0.496 e. The number of nitrogens with one attached hydrogen (secondary N) is 4. The predicted molar refractivity (Wildman–Crippen MR) is 304 cm³/mol. The van der Waals surface area contributed by atoms with Gasteiger partial charge in [0.2, 0.25) is 11.8 Å². The van der Waals surface area contributed by atoms with Gasteiger partial charge >= 0.3 is 11.9 Å². The van der Waals surface area contributed by atoms with Crippen LogP contribution < -0.4 is 40.2 Å². The summed E-state index contributed by atoms with van der Waals surface area (Å²) in [7, 11) is 8.68. The molecule has 2 aliphatic rings. The molecule has 2 saturated carbocycles. The Morgan fingerprint density at radius 1 is 0.537 bits per heavy atom. The minimum atomic E-state index is -0.557. The third kappa shape index (κ3) is 15.9. The van der Waals surface area contributed by atoms with Crippen LogP contribution in [-0.4, -0.2) is 123 Å². The van der Waals surface area contributed by atoms with Crippen molar-refractivity contribution in [2.75, 3.05) is 55.7 Å². The van der Waals surface area contributed by atoms with Gasteiger partial charge in [0.1, 0.15) is 41.9 Å². The molecule has 0 spiro atoms. The van der Waals surface area contributed by atoms with Crippen LogP contribution in [0.5, 0.6) is 23.0 Å². The number of carbonyl (C=O) groups excluding carboxylic acids is 6. The van der Waals surface area contributed by atoms with E-state index in [1.807, 2.05) is 18.2 Å². The smallest absolute Gasteiger partial charge is 0.325 e. The van der Waals surface area contributed by atoms with Crippen LogP contribution in [-0.2, 0) is 28.7 Å². The van der Waals surface area contributed by atoms with Crippen LogP contribution in [0.3, 0.4) is 0 Å². The van der Waals surface area contributed by atoms with Crippen LogP contribution in [0.4, 0.5) is 4.39 Å². The number of aromatic nitrogens is 4. The molecule has 2 aliphatic carbocycles. The molecule has 2 unspecified atom stereocenters. The molecule has 8 rings (SSSR count). The highest BCUT2D eigenvalue weighted by Crippen LogP contribution is 2.41. The van der Waals surface area contributed by atoms with Gasteiger partial charge in [0, 0.05) is 29.9 Å². The molecule has 2 aromatic heterocycles. The number of benzene rings is 4. The first-order chi connectivity index (χ1) is 39.7. The first-order valence-corrected chi connectivity index (χ1v) is 27.5. The maximum atomic E-state index is 14.2. The minimum Gasteiger partial charge on any atom is -0.496 e. The Hall–Kier alpha value is -8.46. The molecule has 82 heavy (non-hydrogen) atoms. The van der Waals surface area contributed by atoms with Crippen LogP contribution in [0, 0.1) is 17.7 Å². The molecule has 6 aromatic rings. The van der Waals surface area contributed by atoms with Gasteiger partial charge in [-0.3, -0.25) is 28.8 Å². The van der Waals surface area contributed by atoms with Gasteiger partial charge in [0.25, 0.3) is 11.8 Å². The van der Waals surface area contributed by atoms with Crippen molar-refractivity contribution in [1.29, 1.82) is 0 Å². The van der Waals surface area contributed by atoms with E-state index in [9.17, 15) is 33.2 Å². The summed E-state index contributed by atoms with van der Waals surface area (Å²) in [6.45, 7) is -0.473. The molecule has 0 aliphatic heterocycles. The highest BCUT2D eigenvalue weighted by molar-refractivity contribution is 6.30. The summed E-state index contributed by atoms with van der Waals surface area (Å²) in [6.07, 6.45) is 9.90. The zero-order valence-electron chi connectivity index (χ0n) is 46.9. The molecular formula is C60H70ClFN8O12. The van der Waals surface area contributed by atoms with Crippen molar-refractivity contribution < 1.29 is 61.6 Å². The minimum absolute atomic E-state index is 0.00515. The maximum Gasteiger partial charge on any atom is 0.325 e. The molecule has 4 N–H and O–H groups in total. The van der Waals surface area contributed by atoms with Crippen molar-refractivity contribution in [3.8, 4) is 56.9 Å². The maximum absolute atomic E-state index is 14.2. The zero-order chi connectivity index (χ0) is 58.7. The number of methoxy groups -OCH3 is 6. The lowest BCUT2D eigenvalue weighted by Crippen LogP contribution is -2.45. The van der Waals surface area contributed by atoms with Gasteiger partial charge in [-0.2, -0.15) is 10.2 Å². The van der Waals surface area contributed by atoms with E-state index in [2.05, 4.69) is 40.9 Å². The van der Waals surface area contributed by atoms with Crippen LogP contribution in [0.2, 0.25) is 5.02 Å². The number of carbonyl (C=O) groups is 6. The monoisotopic (exact) mass is 1150 g/mol. The lowest BCUT2D eigenvalue weighted by Gasteiger charge is -2.30. The van der Waals surface area contributed by atoms with Gasteiger partial charge in [-0.1, -0.05) is 68.3 Å². The second-order valence-electron chi connectivity index (χ2n) is 19.8.